The average Bonchev–Trinajstić information content (AvgIpc) is 2.53. The van der Waals surface area contributed by atoms with Crippen molar-refractivity contribution >= 4 is 22.3 Å². The number of para-hydroxylation sites is 2. The van der Waals surface area contributed by atoms with Crippen LogP contribution in [0.15, 0.2) is 54.7 Å². The topological polar surface area (TPSA) is 36.4 Å². The van der Waals surface area contributed by atoms with Gasteiger partial charge in [-0.1, -0.05) is 30.3 Å². The van der Waals surface area contributed by atoms with Crippen LogP contribution in [0.1, 0.15) is 19.4 Å². The first-order valence-corrected chi connectivity index (χ1v) is 7.48. The first-order chi connectivity index (χ1) is 10.9. The molecule has 0 fully saturated rings. The van der Waals surface area contributed by atoms with Crippen LogP contribution in [0.3, 0.4) is 0 Å². The summed E-state index contributed by atoms with van der Waals surface area (Å²) < 4.78 is 13.8. The van der Waals surface area contributed by atoms with E-state index in [1.165, 1.54) is 6.07 Å². The zero-order valence-corrected chi connectivity index (χ0v) is 13.4. The Morgan fingerprint density at radius 3 is 2.57 bits per heavy atom. The first-order valence-electron chi connectivity index (χ1n) is 7.48. The van der Waals surface area contributed by atoms with Crippen LogP contribution < -0.4 is 4.90 Å². The highest BCUT2D eigenvalue weighted by atomic mass is 19.1. The van der Waals surface area contributed by atoms with Gasteiger partial charge in [0.2, 0.25) is 0 Å². The molecule has 0 atom stereocenters. The van der Waals surface area contributed by atoms with Gasteiger partial charge in [-0.25, -0.2) is 4.39 Å². The van der Waals surface area contributed by atoms with E-state index in [0.29, 0.717) is 5.52 Å². The predicted molar refractivity (Wildman–Crippen MR) is 91.5 cm³/mol. The van der Waals surface area contributed by atoms with Gasteiger partial charge < -0.3 is 10.0 Å². The highest BCUT2D eigenvalue weighted by molar-refractivity contribution is 5.83. The number of nitrogens with zero attached hydrogens (tertiary/aromatic N) is 2. The van der Waals surface area contributed by atoms with Crippen LogP contribution in [0.4, 0.5) is 15.8 Å². The van der Waals surface area contributed by atoms with Gasteiger partial charge in [-0.3, -0.25) is 4.98 Å². The Kier molecular flexibility index (Phi) is 3.78. The van der Waals surface area contributed by atoms with Crippen molar-refractivity contribution in [3.05, 3.63) is 66.1 Å². The van der Waals surface area contributed by atoms with Gasteiger partial charge in [-0.15, -0.1) is 0 Å². The Hall–Kier alpha value is -2.46. The molecule has 3 aromatic rings. The van der Waals surface area contributed by atoms with E-state index < -0.39 is 5.60 Å². The molecule has 0 aliphatic rings. The Balaban J connectivity index is 2.09. The normalized spacial score (nSPS) is 11.7. The van der Waals surface area contributed by atoms with Crippen molar-refractivity contribution in [3.63, 3.8) is 0 Å². The minimum absolute atomic E-state index is 0.325. The van der Waals surface area contributed by atoms with E-state index in [1.54, 1.807) is 26.1 Å². The molecule has 0 aliphatic heterocycles. The smallest absolute Gasteiger partial charge is 0.149 e. The first kappa shape index (κ1) is 15.4. The predicted octanol–water partition coefficient (Wildman–Crippen LogP) is 4.37. The molecule has 118 valence electrons. The van der Waals surface area contributed by atoms with Gasteiger partial charge in [0.15, 0.2) is 0 Å². The molecule has 0 bridgehead atoms. The second kappa shape index (κ2) is 5.63. The van der Waals surface area contributed by atoms with Crippen molar-refractivity contribution in [2.24, 2.45) is 0 Å². The molecule has 0 saturated carbocycles. The van der Waals surface area contributed by atoms with Crippen molar-refractivity contribution < 1.29 is 9.50 Å². The van der Waals surface area contributed by atoms with E-state index in [-0.39, 0.29) is 5.82 Å². The lowest BCUT2D eigenvalue weighted by atomic mass is 9.96. The van der Waals surface area contributed by atoms with Crippen molar-refractivity contribution in [2.45, 2.75) is 19.4 Å². The van der Waals surface area contributed by atoms with Crippen molar-refractivity contribution in [3.8, 4) is 0 Å². The van der Waals surface area contributed by atoms with Crippen LogP contribution in [-0.2, 0) is 5.60 Å². The summed E-state index contributed by atoms with van der Waals surface area (Å²) in [5.74, 6) is -0.325. The molecule has 1 heterocycles. The Morgan fingerprint density at radius 1 is 1.09 bits per heavy atom. The number of fused-ring (bicyclic) bond motifs is 1. The van der Waals surface area contributed by atoms with Gasteiger partial charge in [-0.05, 0) is 32.0 Å². The monoisotopic (exact) mass is 310 g/mol. The highest BCUT2D eigenvalue weighted by Gasteiger charge is 2.22. The average molecular weight is 310 g/mol. The van der Waals surface area contributed by atoms with Gasteiger partial charge in [0.25, 0.3) is 0 Å². The van der Waals surface area contributed by atoms with Crippen molar-refractivity contribution in [1.29, 1.82) is 0 Å². The molecule has 0 spiro atoms. The largest absolute Gasteiger partial charge is 0.386 e. The Labute approximate surface area is 135 Å². The number of aromatic nitrogens is 1. The molecule has 4 heteroatoms. The lowest BCUT2D eigenvalue weighted by Gasteiger charge is -2.28. The van der Waals surface area contributed by atoms with E-state index in [4.69, 9.17) is 0 Å². The second-order valence-electron chi connectivity index (χ2n) is 6.14. The zero-order chi connectivity index (χ0) is 16.6. The number of hydrogen-bond acceptors (Lipinski definition) is 3. The lowest BCUT2D eigenvalue weighted by Crippen LogP contribution is -2.21. The molecule has 0 amide bonds. The van der Waals surface area contributed by atoms with Gasteiger partial charge >= 0.3 is 0 Å². The third-order valence-electron chi connectivity index (χ3n) is 3.96. The fourth-order valence-corrected chi connectivity index (χ4v) is 2.72. The van der Waals surface area contributed by atoms with Crippen LogP contribution in [0.5, 0.6) is 0 Å². The number of rotatable bonds is 3. The van der Waals surface area contributed by atoms with Crippen LogP contribution in [0.2, 0.25) is 0 Å². The summed E-state index contributed by atoms with van der Waals surface area (Å²) in [4.78, 5) is 6.19. The van der Waals surface area contributed by atoms with Crippen LogP contribution >= 0.6 is 0 Å². The standard InChI is InChI=1S/C19H19FN2O/c1-19(2,23)15-8-4-5-10-17(15)22(3)14-11-13-7-6-9-16(20)18(13)21-12-14/h4-12,23H,1-3H3. The molecule has 0 radical (unpaired) electrons. The van der Waals surface area contributed by atoms with Crippen molar-refractivity contribution in [2.75, 3.05) is 11.9 Å². The molecule has 23 heavy (non-hydrogen) atoms. The summed E-state index contributed by atoms with van der Waals surface area (Å²) in [6, 6.07) is 14.5. The zero-order valence-electron chi connectivity index (χ0n) is 13.4. The molecular weight excluding hydrogens is 291 g/mol. The van der Waals surface area contributed by atoms with Crippen LogP contribution in [-0.4, -0.2) is 17.1 Å². The number of benzene rings is 2. The molecule has 1 N–H and O–H groups in total. The molecule has 1 aromatic heterocycles. The number of aliphatic hydroxyl groups is 1. The van der Waals surface area contributed by atoms with Gasteiger partial charge in [0.1, 0.15) is 11.3 Å². The number of hydrogen-bond donors (Lipinski definition) is 1. The summed E-state index contributed by atoms with van der Waals surface area (Å²) in [7, 11) is 1.91. The minimum Gasteiger partial charge on any atom is -0.386 e. The fraction of sp³-hybridized carbons (Fsp3) is 0.211. The van der Waals surface area contributed by atoms with Crippen LogP contribution in [0, 0.1) is 5.82 Å². The highest BCUT2D eigenvalue weighted by Crippen LogP contribution is 2.34. The minimum atomic E-state index is -0.957. The summed E-state index contributed by atoms with van der Waals surface area (Å²) in [6.45, 7) is 3.52. The van der Waals surface area contributed by atoms with E-state index >= 15 is 0 Å². The molecule has 3 rings (SSSR count). The van der Waals surface area contributed by atoms with E-state index in [2.05, 4.69) is 4.98 Å². The van der Waals surface area contributed by atoms with E-state index in [9.17, 15) is 9.50 Å². The summed E-state index contributed by atoms with van der Waals surface area (Å²) in [5, 5.41) is 11.1. The number of halogens is 1. The molecule has 2 aromatic carbocycles. The van der Waals surface area contributed by atoms with Gasteiger partial charge in [-0.2, -0.15) is 0 Å². The van der Waals surface area contributed by atoms with Crippen molar-refractivity contribution in [1.82, 2.24) is 4.98 Å². The molecule has 0 aliphatic carbocycles. The maximum atomic E-state index is 13.8. The SMILES string of the molecule is CN(c1cnc2c(F)cccc2c1)c1ccccc1C(C)(C)O. The maximum Gasteiger partial charge on any atom is 0.149 e. The Bertz CT molecular complexity index is 855. The van der Waals surface area contributed by atoms with E-state index in [0.717, 1.165) is 22.3 Å². The third kappa shape index (κ3) is 2.90. The molecule has 3 nitrogen and oxygen atoms in total. The molecule has 0 unspecified atom stereocenters. The fourth-order valence-electron chi connectivity index (χ4n) is 2.72. The van der Waals surface area contributed by atoms with E-state index in [1.807, 2.05) is 48.3 Å². The van der Waals surface area contributed by atoms with Gasteiger partial charge in [0, 0.05) is 23.7 Å². The van der Waals surface area contributed by atoms with Crippen LogP contribution in [0.25, 0.3) is 10.9 Å². The maximum absolute atomic E-state index is 13.8. The second-order valence-corrected chi connectivity index (χ2v) is 6.14. The summed E-state index contributed by atoms with van der Waals surface area (Å²) in [5.41, 5.74) is 1.95. The summed E-state index contributed by atoms with van der Waals surface area (Å²) in [6.07, 6.45) is 1.65. The molecular formula is C19H19FN2O. The summed E-state index contributed by atoms with van der Waals surface area (Å²) >= 11 is 0. The lowest BCUT2D eigenvalue weighted by molar-refractivity contribution is 0.0791. The molecule has 0 saturated heterocycles. The number of pyridine rings is 1. The third-order valence-corrected chi connectivity index (χ3v) is 3.96. The number of anilines is 2. The Morgan fingerprint density at radius 2 is 1.83 bits per heavy atom. The quantitative estimate of drug-likeness (QED) is 0.780. The van der Waals surface area contributed by atoms with Gasteiger partial charge in [0.05, 0.1) is 17.5 Å².